The number of nitrogens with one attached hydrogen (secondary N) is 1. The van der Waals surface area contributed by atoms with Crippen molar-refractivity contribution in [2.24, 2.45) is 5.92 Å². The number of hydrogen-bond donors (Lipinski definition) is 1. The number of esters is 1. The molecule has 4 nitrogen and oxygen atoms in total. The van der Waals surface area contributed by atoms with Gasteiger partial charge < -0.3 is 10.1 Å². The molecule has 0 spiro atoms. The van der Waals surface area contributed by atoms with Crippen molar-refractivity contribution < 1.29 is 14.3 Å². The second-order valence-corrected chi connectivity index (χ2v) is 3.89. The maximum atomic E-state index is 11.7. The minimum atomic E-state index is -0.289. The van der Waals surface area contributed by atoms with Crippen molar-refractivity contribution in [2.45, 2.75) is 46.0 Å². The molecule has 16 heavy (non-hydrogen) atoms. The van der Waals surface area contributed by atoms with Crippen molar-refractivity contribution in [3.05, 3.63) is 0 Å². The van der Waals surface area contributed by atoms with Crippen molar-refractivity contribution >= 4 is 11.9 Å². The fraction of sp³-hybridized carbons (Fsp3) is 0.833. The van der Waals surface area contributed by atoms with Crippen LogP contribution in [0.1, 0.15) is 46.0 Å². The quantitative estimate of drug-likeness (QED) is 0.647. The van der Waals surface area contributed by atoms with Gasteiger partial charge in [-0.05, 0) is 12.8 Å². The lowest BCUT2D eigenvalue weighted by Crippen LogP contribution is -2.32. The second-order valence-electron chi connectivity index (χ2n) is 3.89. The molecule has 0 unspecified atom stereocenters. The Kier molecular flexibility index (Phi) is 8.58. The van der Waals surface area contributed by atoms with E-state index in [2.05, 4.69) is 23.9 Å². The van der Waals surface area contributed by atoms with Crippen LogP contribution in [0.2, 0.25) is 0 Å². The lowest BCUT2D eigenvalue weighted by Gasteiger charge is -2.14. The fourth-order valence-electron chi connectivity index (χ4n) is 1.64. The summed E-state index contributed by atoms with van der Waals surface area (Å²) >= 11 is 0. The van der Waals surface area contributed by atoms with Crippen LogP contribution in [-0.4, -0.2) is 25.5 Å². The second kappa shape index (κ2) is 9.19. The Morgan fingerprint density at radius 3 is 2.19 bits per heavy atom. The zero-order valence-corrected chi connectivity index (χ0v) is 10.5. The number of carbonyl (C=O) groups is 2. The minimum absolute atomic E-state index is 0.0626. The molecule has 0 aliphatic heterocycles. The third kappa shape index (κ3) is 6.43. The molecule has 0 aromatic heterocycles. The third-order valence-corrected chi connectivity index (χ3v) is 2.50. The topological polar surface area (TPSA) is 55.4 Å². The van der Waals surface area contributed by atoms with Crippen molar-refractivity contribution in [3.63, 3.8) is 0 Å². The Balaban J connectivity index is 3.86. The Labute approximate surface area is 97.7 Å². The highest BCUT2D eigenvalue weighted by molar-refractivity contribution is 5.79. The predicted octanol–water partition coefficient (Wildman–Crippen LogP) is 1.88. The van der Waals surface area contributed by atoms with Crippen molar-refractivity contribution in [1.29, 1.82) is 0 Å². The van der Waals surface area contributed by atoms with Crippen LogP contribution < -0.4 is 5.32 Å². The van der Waals surface area contributed by atoms with Crippen molar-refractivity contribution in [3.8, 4) is 0 Å². The molecule has 0 saturated heterocycles. The molecular formula is C12H23NO3. The summed E-state index contributed by atoms with van der Waals surface area (Å²) in [5.41, 5.74) is 0. The molecule has 0 heterocycles. The van der Waals surface area contributed by atoms with Gasteiger partial charge in [0.1, 0.15) is 0 Å². The van der Waals surface area contributed by atoms with Crippen LogP contribution in [0.5, 0.6) is 0 Å². The Morgan fingerprint density at radius 2 is 1.75 bits per heavy atom. The normalized spacial score (nSPS) is 10.2. The first-order chi connectivity index (χ1) is 7.65. The fourth-order valence-corrected chi connectivity index (χ4v) is 1.64. The first kappa shape index (κ1) is 14.9. The van der Waals surface area contributed by atoms with Crippen LogP contribution >= 0.6 is 0 Å². The highest BCUT2D eigenvalue weighted by atomic mass is 16.5. The van der Waals surface area contributed by atoms with Gasteiger partial charge in [0, 0.05) is 12.5 Å². The molecular weight excluding hydrogens is 206 g/mol. The lowest BCUT2D eigenvalue weighted by atomic mass is 9.97. The van der Waals surface area contributed by atoms with Crippen molar-refractivity contribution in [2.75, 3.05) is 13.7 Å². The van der Waals surface area contributed by atoms with Gasteiger partial charge in [-0.15, -0.1) is 0 Å². The van der Waals surface area contributed by atoms with E-state index >= 15 is 0 Å². The highest BCUT2D eigenvalue weighted by Gasteiger charge is 2.16. The number of rotatable bonds is 8. The average Bonchev–Trinajstić information content (AvgIpc) is 2.28. The van der Waals surface area contributed by atoms with Gasteiger partial charge in [0.25, 0.3) is 0 Å². The smallest absolute Gasteiger partial charge is 0.307 e. The monoisotopic (exact) mass is 229 g/mol. The van der Waals surface area contributed by atoms with Gasteiger partial charge in [0.05, 0.1) is 13.5 Å². The van der Waals surface area contributed by atoms with E-state index in [0.29, 0.717) is 6.54 Å². The summed E-state index contributed by atoms with van der Waals surface area (Å²) in [5.74, 6) is -0.136. The van der Waals surface area contributed by atoms with E-state index in [0.717, 1.165) is 25.7 Å². The van der Waals surface area contributed by atoms with E-state index in [-0.39, 0.29) is 24.2 Å². The highest BCUT2D eigenvalue weighted by Crippen LogP contribution is 2.13. The molecule has 0 radical (unpaired) electrons. The van der Waals surface area contributed by atoms with E-state index < -0.39 is 0 Å². The standard InChI is InChI=1S/C12H23NO3/c1-4-6-10(7-5-2)12(15)13-9-8-11(14)16-3/h10H,4-9H2,1-3H3,(H,13,15). The zero-order valence-electron chi connectivity index (χ0n) is 10.5. The average molecular weight is 229 g/mol. The number of ether oxygens (including phenoxy) is 1. The van der Waals surface area contributed by atoms with Gasteiger partial charge in [-0.2, -0.15) is 0 Å². The van der Waals surface area contributed by atoms with Crippen LogP contribution in [0.3, 0.4) is 0 Å². The van der Waals surface area contributed by atoms with Gasteiger partial charge in [-0.1, -0.05) is 26.7 Å². The van der Waals surface area contributed by atoms with Gasteiger partial charge in [0.2, 0.25) is 5.91 Å². The number of carbonyl (C=O) groups excluding carboxylic acids is 2. The van der Waals surface area contributed by atoms with Crippen molar-refractivity contribution in [1.82, 2.24) is 5.32 Å². The maximum absolute atomic E-state index is 11.7. The first-order valence-corrected chi connectivity index (χ1v) is 6.00. The summed E-state index contributed by atoms with van der Waals surface area (Å²) in [6.45, 7) is 4.52. The molecule has 0 aromatic rings. The molecule has 0 bridgehead atoms. The molecule has 0 rings (SSSR count). The molecule has 0 aliphatic rings. The molecule has 0 atom stereocenters. The SMILES string of the molecule is CCCC(CCC)C(=O)NCCC(=O)OC. The summed E-state index contributed by atoms with van der Waals surface area (Å²) in [5, 5.41) is 2.78. The largest absolute Gasteiger partial charge is 0.469 e. The number of amides is 1. The van der Waals surface area contributed by atoms with Gasteiger partial charge in [0.15, 0.2) is 0 Å². The molecule has 0 fully saturated rings. The van der Waals surface area contributed by atoms with E-state index in [1.165, 1.54) is 7.11 Å². The Morgan fingerprint density at radius 1 is 1.19 bits per heavy atom. The van der Waals surface area contributed by atoms with Gasteiger partial charge in [-0.25, -0.2) is 0 Å². The molecule has 0 aromatic carbocycles. The van der Waals surface area contributed by atoms with E-state index in [9.17, 15) is 9.59 Å². The van der Waals surface area contributed by atoms with E-state index in [4.69, 9.17) is 0 Å². The van der Waals surface area contributed by atoms with Crippen LogP contribution in [-0.2, 0) is 14.3 Å². The molecule has 94 valence electrons. The van der Waals surface area contributed by atoms with Crippen LogP contribution in [0, 0.1) is 5.92 Å². The van der Waals surface area contributed by atoms with Gasteiger partial charge in [-0.3, -0.25) is 9.59 Å². The third-order valence-electron chi connectivity index (χ3n) is 2.50. The summed E-state index contributed by atoms with van der Waals surface area (Å²) < 4.78 is 4.50. The molecule has 4 heteroatoms. The molecule has 0 aliphatic carbocycles. The van der Waals surface area contributed by atoms with E-state index in [1.54, 1.807) is 0 Å². The molecule has 1 amide bonds. The van der Waals surface area contributed by atoms with Crippen LogP contribution in [0.25, 0.3) is 0 Å². The zero-order chi connectivity index (χ0) is 12.4. The van der Waals surface area contributed by atoms with E-state index in [1.807, 2.05) is 0 Å². The maximum Gasteiger partial charge on any atom is 0.307 e. The molecule has 1 N–H and O–H groups in total. The number of hydrogen-bond acceptors (Lipinski definition) is 3. The number of methoxy groups -OCH3 is 1. The lowest BCUT2D eigenvalue weighted by molar-refractivity contribution is -0.140. The summed E-state index contributed by atoms with van der Waals surface area (Å²) in [7, 11) is 1.35. The summed E-state index contributed by atoms with van der Waals surface area (Å²) in [4.78, 5) is 22.6. The van der Waals surface area contributed by atoms with Crippen LogP contribution in [0.15, 0.2) is 0 Å². The summed E-state index contributed by atoms with van der Waals surface area (Å²) in [6.07, 6.45) is 4.09. The van der Waals surface area contributed by atoms with Crippen LogP contribution in [0.4, 0.5) is 0 Å². The Bertz CT molecular complexity index is 210. The Hall–Kier alpha value is -1.06. The summed E-state index contributed by atoms with van der Waals surface area (Å²) in [6, 6.07) is 0. The predicted molar refractivity (Wildman–Crippen MR) is 62.9 cm³/mol. The minimum Gasteiger partial charge on any atom is -0.469 e. The first-order valence-electron chi connectivity index (χ1n) is 6.00. The molecule has 0 saturated carbocycles. The van der Waals surface area contributed by atoms with Gasteiger partial charge >= 0.3 is 5.97 Å².